The minimum absolute atomic E-state index is 0.0666. The average Bonchev–Trinajstić information content (AvgIpc) is 2.99. The molecule has 1 aromatic carbocycles. The minimum Gasteiger partial charge on any atom is -0.351 e. The number of aromatic nitrogens is 2. The molecule has 5 nitrogen and oxygen atoms in total. The smallest absolute Gasteiger partial charge is 0.237 e. The van der Waals surface area contributed by atoms with Crippen molar-refractivity contribution in [1.82, 2.24) is 20.2 Å². The van der Waals surface area contributed by atoms with E-state index in [1.165, 1.54) is 16.7 Å². The van der Waals surface area contributed by atoms with Gasteiger partial charge >= 0.3 is 0 Å². The third kappa shape index (κ3) is 4.84. The van der Waals surface area contributed by atoms with E-state index in [2.05, 4.69) is 49.3 Å². The summed E-state index contributed by atoms with van der Waals surface area (Å²) >= 11 is 9.96. The second kappa shape index (κ2) is 9.92. The first-order valence-corrected chi connectivity index (χ1v) is 12.6. The van der Waals surface area contributed by atoms with Crippen LogP contribution in [0.4, 0.5) is 0 Å². The molecule has 1 saturated heterocycles. The fourth-order valence-electron chi connectivity index (χ4n) is 5.10. The highest BCUT2D eigenvalue weighted by molar-refractivity contribution is 9.10. The first-order valence-electron chi connectivity index (χ1n) is 11.4. The highest BCUT2D eigenvalue weighted by Crippen LogP contribution is 2.40. The number of amides is 1. The van der Waals surface area contributed by atoms with Crippen LogP contribution < -0.4 is 5.32 Å². The zero-order valence-electron chi connectivity index (χ0n) is 18.3. The number of benzene rings is 1. The molecular formula is C26H26BrClN4O. The summed E-state index contributed by atoms with van der Waals surface area (Å²) in [5.41, 5.74) is 5.72. The van der Waals surface area contributed by atoms with Crippen molar-refractivity contribution in [3.8, 4) is 0 Å². The molecule has 1 amide bonds. The molecule has 1 aliphatic carbocycles. The van der Waals surface area contributed by atoms with Crippen LogP contribution in [0.15, 0.2) is 59.5 Å². The summed E-state index contributed by atoms with van der Waals surface area (Å²) in [6.07, 6.45) is 10.2. The van der Waals surface area contributed by atoms with Gasteiger partial charge in [-0.2, -0.15) is 0 Å². The number of hydrogen-bond acceptors (Lipinski definition) is 4. The molecule has 1 fully saturated rings. The lowest BCUT2D eigenvalue weighted by Gasteiger charge is -2.41. The fraction of sp³-hybridized carbons (Fsp3) is 0.346. The number of nitrogens with one attached hydrogen (secondary N) is 1. The molecule has 0 saturated carbocycles. The number of aryl methyl sites for hydroxylation is 2. The Morgan fingerprint density at radius 3 is 2.88 bits per heavy atom. The van der Waals surface area contributed by atoms with Crippen molar-refractivity contribution in [2.24, 2.45) is 0 Å². The summed E-state index contributed by atoms with van der Waals surface area (Å²) in [6.45, 7) is 1.34. The van der Waals surface area contributed by atoms with Crippen LogP contribution in [0.25, 0.3) is 0 Å². The summed E-state index contributed by atoms with van der Waals surface area (Å²) in [5.74, 6) is 0.0666. The predicted molar refractivity (Wildman–Crippen MR) is 133 cm³/mol. The van der Waals surface area contributed by atoms with Crippen molar-refractivity contribution >= 4 is 33.4 Å². The molecule has 0 bridgehead atoms. The number of halogens is 2. The summed E-state index contributed by atoms with van der Waals surface area (Å²) < 4.78 is 0.980. The van der Waals surface area contributed by atoms with Crippen molar-refractivity contribution in [2.45, 2.75) is 50.7 Å². The van der Waals surface area contributed by atoms with Gasteiger partial charge in [-0.3, -0.25) is 19.7 Å². The Morgan fingerprint density at radius 2 is 2.03 bits per heavy atom. The predicted octanol–water partition coefficient (Wildman–Crippen LogP) is 5.25. The number of fused-ring (bicyclic) bond motifs is 2. The van der Waals surface area contributed by atoms with Gasteiger partial charge in [-0.15, -0.1) is 0 Å². The van der Waals surface area contributed by atoms with Gasteiger partial charge in [-0.25, -0.2) is 0 Å². The van der Waals surface area contributed by atoms with Gasteiger partial charge in [0, 0.05) is 34.6 Å². The molecule has 7 heteroatoms. The molecule has 33 heavy (non-hydrogen) atoms. The highest BCUT2D eigenvalue weighted by Gasteiger charge is 2.38. The molecule has 3 aromatic rings. The van der Waals surface area contributed by atoms with Crippen LogP contribution in [0.1, 0.15) is 53.3 Å². The standard InChI is InChI=1S/C26H26BrClN4O/c27-20-12-19-7-6-18-13-21(28)8-9-22(18)25(24(19)30-16-20)32-11-2-1-5-23(32)26(33)31-15-17-4-3-10-29-14-17/h3-4,8-10,12-14,16,23,25H,1-2,5-7,11,15H2,(H,31,33)/t23-,25?/m1/s1. The van der Waals surface area contributed by atoms with Gasteiger partial charge in [0.1, 0.15) is 0 Å². The maximum Gasteiger partial charge on any atom is 0.237 e. The van der Waals surface area contributed by atoms with E-state index in [4.69, 9.17) is 16.6 Å². The number of nitrogens with zero attached hydrogens (tertiary/aromatic N) is 3. The lowest BCUT2D eigenvalue weighted by Crippen LogP contribution is -2.51. The number of likely N-dealkylation sites (tertiary alicyclic amines) is 1. The Hall–Kier alpha value is -2.28. The lowest BCUT2D eigenvalue weighted by atomic mass is 9.91. The van der Waals surface area contributed by atoms with Gasteiger partial charge in [0.2, 0.25) is 5.91 Å². The normalized spacial score (nSPS) is 20.4. The third-order valence-corrected chi connectivity index (χ3v) is 7.33. The molecule has 3 heterocycles. The second-order valence-corrected chi connectivity index (χ2v) is 10.1. The van der Waals surface area contributed by atoms with E-state index >= 15 is 0 Å². The van der Waals surface area contributed by atoms with Crippen molar-refractivity contribution in [3.05, 3.63) is 92.4 Å². The molecule has 1 N–H and O–H groups in total. The summed E-state index contributed by atoms with van der Waals surface area (Å²) in [4.78, 5) is 24.8. The topological polar surface area (TPSA) is 58.1 Å². The van der Waals surface area contributed by atoms with Crippen LogP contribution in [0, 0.1) is 0 Å². The Labute approximate surface area is 207 Å². The van der Waals surface area contributed by atoms with E-state index in [9.17, 15) is 4.79 Å². The van der Waals surface area contributed by atoms with E-state index in [0.717, 1.165) is 59.4 Å². The van der Waals surface area contributed by atoms with Crippen molar-refractivity contribution in [3.63, 3.8) is 0 Å². The number of hydrogen-bond donors (Lipinski definition) is 1. The molecule has 0 spiro atoms. The zero-order valence-corrected chi connectivity index (χ0v) is 20.6. The summed E-state index contributed by atoms with van der Waals surface area (Å²) in [6, 6.07) is 11.9. The Morgan fingerprint density at radius 1 is 1.15 bits per heavy atom. The van der Waals surface area contributed by atoms with Gasteiger partial charge in [0.15, 0.2) is 0 Å². The quantitative estimate of drug-likeness (QED) is 0.505. The van der Waals surface area contributed by atoms with Crippen molar-refractivity contribution in [2.75, 3.05) is 6.54 Å². The van der Waals surface area contributed by atoms with Gasteiger partial charge in [0.05, 0.1) is 17.8 Å². The molecule has 0 radical (unpaired) electrons. The van der Waals surface area contributed by atoms with Gasteiger partial charge < -0.3 is 5.32 Å². The van der Waals surface area contributed by atoms with Gasteiger partial charge in [-0.05, 0) is 94.7 Å². The molecule has 1 unspecified atom stereocenters. The van der Waals surface area contributed by atoms with Crippen LogP contribution in [0.2, 0.25) is 5.02 Å². The molecule has 2 aliphatic rings. The number of rotatable bonds is 4. The molecule has 2 atom stereocenters. The monoisotopic (exact) mass is 524 g/mol. The van der Waals surface area contributed by atoms with Crippen LogP contribution >= 0.6 is 27.5 Å². The average molecular weight is 526 g/mol. The third-order valence-electron chi connectivity index (χ3n) is 6.66. The first-order chi connectivity index (χ1) is 16.1. The summed E-state index contributed by atoms with van der Waals surface area (Å²) in [7, 11) is 0. The largest absolute Gasteiger partial charge is 0.351 e. The van der Waals surface area contributed by atoms with Crippen molar-refractivity contribution in [1.29, 1.82) is 0 Å². The van der Waals surface area contributed by atoms with Crippen LogP contribution in [0.5, 0.6) is 0 Å². The van der Waals surface area contributed by atoms with Gasteiger partial charge in [-0.1, -0.05) is 30.2 Å². The lowest BCUT2D eigenvalue weighted by molar-refractivity contribution is -0.128. The molecule has 2 aromatic heterocycles. The Balaban J connectivity index is 1.51. The maximum atomic E-state index is 13.4. The SMILES string of the molecule is O=C(NCc1cccnc1)[C@H]1CCCCN1C1c2ccc(Cl)cc2CCc2cc(Br)cnc21. The minimum atomic E-state index is -0.208. The zero-order chi connectivity index (χ0) is 22.8. The molecule has 1 aliphatic heterocycles. The van der Waals surface area contributed by atoms with E-state index in [0.29, 0.717) is 6.54 Å². The van der Waals surface area contributed by atoms with Crippen molar-refractivity contribution < 1.29 is 4.79 Å². The number of pyridine rings is 2. The highest BCUT2D eigenvalue weighted by atomic mass is 79.9. The first kappa shape index (κ1) is 22.5. The van der Waals surface area contributed by atoms with E-state index < -0.39 is 0 Å². The Bertz CT molecular complexity index is 1100. The molecular weight excluding hydrogens is 500 g/mol. The number of piperidine rings is 1. The molecule has 5 rings (SSSR count). The van der Waals surface area contributed by atoms with Crippen LogP contribution in [-0.2, 0) is 24.2 Å². The van der Waals surface area contributed by atoms with E-state index in [1.807, 2.05) is 24.4 Å². The number of carbonyl (C=O) groups excluding carboxylic acids is 1. The van der Waals surface area contributed by atoms with Gasteiger partial charge in [0.25, 0.3) is 0 Å². The van der Waals surface area contributed by atoms with Crippen LogP contribution in [0.3, 0.4) is 0 Å². The Kier molecular flexibility index (Phi) is 6.76. The fourth-order valence-corrected chi connectivity index (χ4v) is 5.68. The van der Waals surface area contributed by atoms with Crippen LogP contribution in [-0.4, -0.2) is 33.4 Å². The maximum absolute atomic E-state index is 13.4. The number of carbonyl (C=O) groups is 1. The van der Waals surface area contributed by atoms with E-state index in [-0.39, 0.29) is 18.0 Å². The van der Waals surface area contributed by atoms with E-state index in [1.54, 1.807) is 12.4 Å². The second-order valence-electron chi connectivity index (χ2n) is 8.77. The summed E-state index contributed by atoms with van der Waals surface area (Å²) in [5, 5.41) is 3.90. The molecule has 170 valence electrons.